The van der Waals surface area contributed by atoms with Crippen LogP contribution in [0.1, 0.15) is 25.7 Å². The van der Waals surface area contributed by atoms with Crippen molar-refractivity contribution >= 4 is 5.91 Å². The molecule has 0 spiro atoms. The molecule has 0 aromatic heterocycles. The van der Waals surface area contributed by atoms with Gasteiger partial charge in [0.15, 0.2) is 0 Å². The molecule has 4 heteroatoms. The van der Waals surface area contributed by atoms with Gasteiger partial charge in [-0.1, -0.05) is 12.2 Å². The molecule has 3 atom stereocenters. The van der Waals surface area contributed by atoms with Gasteiger partial charge >= 0.3 is 0 Å². The number of carbonyl (C=O) groups is 1. The van der Waals surface area contributed by atoms with Gasteiger partial charge in [0.1, 0.15) is 0 Å². The number of primary amides is 1. The molecule has 2 fully saturated rings. The van der Waals surface area contributed by atoms with Crippen LogP contribution in [0.3, 0.4) is 0 Å². The molecule has 1 saturated heterocycles. The lowest BCUT2D eigenvalue weighted by molar-refractivity contribution is -0.119. The standard InChI is InChI=1S/C15H25N3O/c16-15(19)10-18-5-3-14(4-6-18)17-9-13-8-11-1-2-12(13)7-11/h1-2,11-14,17H,3-10H2,(H2,16,19). The molecule has 1 aliphatic heterocycles. The first-order chi connectivity index (χ1) is 9.20. The Balaban J connectivity index is 1.36. The molecule has 106 valence electrons. The maximum absolute atomic E-state index is 10.9. The molecule has 3 unspecified atom stereocenters. The lowest BCUT2D eigenvalue weighted by Gasteiger charge is -2.32. The number of likely N-dealkylation sites (tertiary alicyclic amines) is 1. The summed E-state index contributed by atoms with van der Waals surface area (Å²) < 4.78 is 0. The summed E-state index contributed by atoms with van der Waals surface area (Å²) in [5.74, 6) is 2.36. The second-order valence-corrected chi connectivity index (χ2v) is 6.47. The molecule has 1 heterocycles. The quantitative estimate of drug-likeness (QED) is 0.719. The molecule has 3 rings (SSSR count). The first-order valence-corrected chi connectivity index (χ1v) is 7.63. The Morgan fingerprint density at radius 3 is 2.63 bits per heavy atom. The van der Waals surface area contributed by atoms with Crippen molar-refractivity contribution in [2.45, 2.75) is 31.7 Å². The van der Waals surface area contributed by atoms with Crippen LogP contribution in [0.25, 0.3) is 0 Å². The van der Waals surface area contributed by atoms with Gasteiger partial charge in [0.2, 0.25) is 5.91 Å². The Labute approximate surface area is 115 Å². The third-order valence-electron chi connectivity index (χ3n) is 5.05. The number of allylic oxidation sites excluding steroid dienone is 2. The third-order valence-corrected chi connectivity index (χ3v) is 5.05. The van der Waals surface area contributed by atoms with Crippen molar-refractivity contribution in [1.29, 1.82) is 0 Å². The third kappa shape index (κ3) is 3.18. The Hall–Kier alpha value is -0.870. The highest BCUT2D eigenvalue weighted by molar-refractivity contribution is 5.75. The van der Waals surface area contributed by atoms with Crippen LogP contribution in [0.15, 0.2) is 12.2 Å². The fourth-order valence-electron chi connectivity index (χ4n) is 3.96. The molecule has 3 aliphatic rings. The number of nitrogens with zero attached hydrogens (tertiary/aromatic N) is 1. The predicted molar refractivity (Wildman–Crippen MR) is 75.5 cm³/mol. The molecule has 0 radical (unpaired) electrons. The van der Waals surface area contributed by atoms with E-state index in [2.05, 4.69) is 22.4 Å². The van der Waals surface area contributed by atoms with Gasteiger partial charge in [-0.05, 0) is 50.0 Å². The van der Waals surface area contributed by atoms with Gasteiger partial charge in [-0.2, -0.15) is 0 Å². The summed E-state index contributed by atoms with van der Waals surface area (Å²) >= 11 is 0. The van der Waals surface area contributed by atoms with E-state index in [9.17, 15) is 4.79 Å². The van der Waals surface area contributed by atoms with Gasteiger partial charge in [0.25, 0.3) is 0 Å². The second-order valence-electron chi connectivity index (χ2n) is 6.47. The minimum atomic E-state index is -0.208. The molecule has 19 heavy (non-hydrogen) atoms. The average molecular weight is 263 g/mol. The van der Waals surface area contributed by atoms with Crippen molar-refractivity contribution < 1.29 is 4.79 Å². The zero-order chi connectivity index (χ0) is 13.2. The van der Waals surface area contributed by atoms with Crippen LogP contribution in [-0.2, 0) is 4.79 Å². The minimum Gasteiger partial charge on any atom is -0.369 e. The SMILES string of the molecule is NC(=O)CN1CCC(NCC2CC3C=CC2C3)CC1. The van der Waals surface area contributed by atoms with Crippen molar-refractivity contribution in [3.8, 4) is 0 Å². The van der Waals surface area contributed by atoms with Gasteiger partial charge in [-0.25, -0.2) is 0 Å². The van der Waals surface area contributed by atoms with Crippen molar-refractivity contribution in [1.82, 2.24) is 10.2 Å². The largest absolute Gasteiger partial charge is 0.369 e. The zero-order valence-electron chi connectivity index (χ0n) is 11.6. The smallest absolute Gasteiger partial charge is 0.231 e. The molecule has 1 saturated carbocycles. The van der Waals surface area contributed by atoms with Crippen LogP contribution in [0, 0.1) is 17.8 Å². The van der Waals surface area contributed by atoms with E-state index >= 15 is 0 Å². The van der Waals surface area contributed by atoms with Crippen LogP contribution in [0.4, 0.5) is 0 Å². The normalized spacial score (nSPS) is 35.1. The molecule has 4 nitrogen and oxygen atoms in total. The zero-order valence-corrected chi connectivity index (χ0v) is 11.6. The van der Waals surface area contributed by atoms with Gasteiger partial charge in [-0.3, -0.25) is 9.69 Å². The lowest BCUT2D eigenvalue weighted by atomic mass is 9.93. The Bertz CT molecular complexity index is 360. The van der Waals surface area contributed by atoms with E-state index in [-0.39, 0.29) is 5.91 Å². The topological polar surface area (TPSA) is 58.4 Å². The van der Waals surface area contributed by atoms with Gasteiger partial charge in [0, 0.05) is 19.1 Å². The number of hydrogen-bond acceptors (Lipinski definition) is 3. The molecule has 2 bridgehead atoms. The van der Waals surface area contributed by atoms with Crippen LogP contribution in [0.5, 0.6) is 0 Å². The highest BCUT2D eigenvalue weighted by Gasteiger charge is 2.35. The summed E-state index contributed by atoms with van der Waals surface area (Å²) in [4.78, 5) is 13.0. The maximum atomic E-state index is 10.9. The monoisotopic (exact) mass is 263 g/mol. The summed E-state index contributed by atoms with van der Waals surface area (Å²) in [7, 11) is 0. The number of hydrogen-bond donors (Lipinski definition) is 2. The average Bonchev–Trinajstić information content (AvgIpc) is 2.99. The molecule has 0 aromatic carbocycles. The van der Waals surface area contributed by atoms with E-state index in [1.807, 2.05) is 0 Å². The van der Waals surface area contributed by atoms with Crippen LogP contribution < -0.4 is 11.1 Å². The van der Waals surface area contributed by atoms with Crippen molar-refractivity contribution in [3.05, 3.63) is 12.2 Å². The molecule has 2 aliphatic carbocycles. The number of carbonyl (C=O) groups excluding carboxylic acids is 1. The molecular formula is C15H25N3O. The van der Waals surface area contributed by atoms with E-state index in [1.165, 1.54) is 19.4 Å². The Morgan fingerprint density at radius 2 is 2.05 bits per heavy atom. The number of amides is 1. The summed E-state index contributed by atoms with van der Waals surface area (Å²) in [6.45, 7) is 3.59. The molecule has 0 aromatic rings. The predicted octanol–water partition coefficient (Wildman–Crippen LogP) is 0.738. The van der Waals surface area contributed by atoms with Crippen molar-refractivity contribution in [2.24, 2.45) is 23.5 Å². The van der Waals surface area contributed by atoms with Crippen molar-refractivity contribution in [3.63, 3.8) is 0 Å². The van der Waals surface area contributed by atoms with Crippen molar-refractivity contribution in [2.75, 3.05) is 26.2 Å². The first-order valence-electron chi connectivity index (χ1n) is 7.63. The minimum absolute atomic E-state index is 0.208. The molecule has 1 amide bonds. The van der Waals surface area contributed by atoms with Gasteiger partial charge in [0.05, 0.1) is 6.54 Å². The molecule has 3 N–H and O–H groups in total. The van der Waals surface area contributed by atoms with Crippen LogP contribution in [-0.4, -0.2) is 43.0 Å². The fraction of sp³-hybridized carbons (Fsp3) is 0.800. The summed E-state index contributed by atoms with van der Waals surface area (Å²) in [5, 5.41) is 3.75. The van der Waals surface area contributed by atoms with E-state index in [0.717, 1.165) is 43.7 Å². The first kappa shape index (κ1) is 13.1. The Kier molecular flexibility index (Phi) is 3.89. The van der Waals surface area contributed by atoms with Crippen LogP contribution >= 0.6 is 0 Å². The van der Waals surface area contributed by atoms with Gasteiger partial charge < -0.3 is 11.1 Å². The number of piperidine rings is 1. The number of nitrogens with two attached hydrogens (primary N) is 1. The maximum Gasteiger partial charge on any atom is 0.231 e. The molecular weight excluding hydrogens is 238 g/mol. The summed E-state index contributed by atoms with van der Waals surface area (Å²) in [6, 6.07) is 0.632. The fourth-order valence-corrected chi connectivity index (χ4v) is 3.96. The van der Waals surface area contributed by atoms with E-state index in [0.29, 0.717) is 12.6 Å². The highest BCUT2D eigenvalue weighted by Crippen LogP contribution is 2.43. The van der Waals surface area contributed by atoms with Gasteiger partial charge in [-0.15, -0.1) is 0 Å². The van der Waals surface area contributed by atoms with E-state index in [4.69, 9.17) is 5.73 Å². The second kappa shape index (κ2) is 5.63. The number of nitrogens with one attached hydrogen (secondary N) is 1. The highest BCUT2D eigenvalue weighted by atomic mass is 16.1. The van der Waals surface area contributed by atoms with E-state index < -0.39 is 0 Å². The van der Waals surface area contributed by atoms with E-state index in [1.54, 1.807) is 0 Å². The number of rotatable bonds is 5. The number of fused-ring (bicyclic) bond motifs is 2. The van der Waals surface area contributed by atoms with Crippen LogP contribution in [0.2, 0.25) is 0 Å². The Morgan fingerprint density at radius 1 is 1.26 bits per heavy atom. The summed E-state index contributed by atoms with van der Waals surface area (Å²) in [6.07, 6.45) is 9.89. The summed E-state index contributed by atoms with van der Waals surface area (Å²) in [5.41, 5.74) is 5.23. The lowest BCUT2D eigenvalue weighted by Crippen LogP contribution is -2.46.